The van der Waals surface area contributed by atoms with Crippen LogP contribution >= 0.6 is 0 Å². The molecule has 2 aliphatic rings. The van der Waals surface area contributed by atoms with E-state index in [-0.39, 0.29) is 11.8 Å². The molecule has 0 aromatic carbocycles. The molecule has 0 spiro atoms. The van der Waals surface area contributed by atoms with Crippen LogP contribution in [-0.2, 0) is 4.79 Å². The molecule has 7 heteroatoms. The van der Waals surface area contributed by atoms with E-state index in [1.165, 1.54) is 19.2 Å². The minimum absolute atomic E-state index is 0.0711. The molecule has 3 heterocycles. The Hall–Kier alpha value is -1.89. The largest absolute Gasteiger partial charge is 0.438 e. The van der Waals surface area contributed by atoms with Crippen LogP contribution in [0.4, 0.5) is 0 Å². The molecule has 0 aliphatic carbocycles. The monoisotopic (exact) mass is 376 g/mol. The van der Waals surface area contributed by atoms with Gasteiger partial charge in [0.25, 0.3) is 5.91 Å². The van der Waals surface area contributed by atoms with Gasteiger partial charge < -0.3 is 14.6 Å². The van der Waals surface area contributed by atoms with E-state index in [1.54, 1.807) is 6.92 Å². The van der Waals surface area contributed by atoms with Gasteiger partial charge in [0.1, 0.15) is 0 Å². The van der Waals surface area contributed by atoms with E-state index in [2.05, 4.69) is 22.1 Å². The summed E-state index contributed by atoms with van der Waals surface area (Å²) < 4.78 is 5.21. The number of likely N-dealkylation sites (tertiary alicyclic amines) is 2. The normalized spacial score (nSPS) is 21.6. The van der Waals surface area contributed by atoms with E-state index in [4.69, 9.17) is 4.42 Å². The molecule has 1 N–H and O–H groups in total. The minimum Gasteiger partial charge on any atom is -0.438 e. The summed E-state index contributed by atoms with van der Waals surface area (Å²) in [7, 11) is 0. The van der Waals surface area contributed by atoms with Crippen LogP contribution in [0.3, 0.4) is 0 Å². The molecule has 1 atom stereocenters. The van der Waals surface area contributed by atoms with Crippen LogP contribution in [0.25, 0.3) is 0 Å². The molecule has 7 nitrogen and oxygen atoms in total. The van der Waals surface area contributed by atoms with Crippen LogP contribution in [0.5, 0.6) is 0 Å². The van der Waals surface area contributed by atoms with Crippen molar-refractivity contribution in [1.29, 1.82) is 0 Å². The van der Waals surface area contributed by atoms with Crippen molar-refractivity contribution in [2.45, 2.75) is 58.4 Å². The second kappa shape index (κ2) is 9.35. The Bertz CT molecular complexity index is 637. The van der Waals surface area contributed by atoms with Gasteiger partial charge in [0.05, 0.1) is 5.69 Å². The number of likely N-dealkylation sites (N-methyl/N-ethyl adjacent to an activating group) is 1. The van der Waals surface area contributed by atoms with Crippen molar-refractivity contribution < 1.29 is 14.0 Å². The number of rotatable bonds is 7. The highest BCUT2D eigenvalue weighted by atomic mass is 16.3. The van der Waals surface area contributed by atoms with Crippen molar-refractivity contribution in [1.82, 2.24) is 20.1 Å². The maximum Gasteiger partial charge on any atom is 0.291 e. The van der Waals surface area contributed by atoms with Crippen molar-refractivity contribution in [2.75, 3.05) is 32.7 Å². The number of oxazole rings is 1. The first-order chi connectivity index (χ1) is 13.1. The molecule has 1 unspecified atom stereocenters. The number of carbonyl (C=O) groups excluding carboxylic acids is 2. The molecule has 0 radical (unpaired) electrons. The van der Waals surface area contributed by atoms with Crippen LogP contribution in [0.1, 0.15) is 61.7 Å². The van der Waals surface area contributed by atoms with Gasteiger partial charge in [0.15, 0.2) is 6.39 Å². The van der Waals surface area contributed by atoms with Crippen molar-refractivity contribution in [2.24, 2.45) is 5.92 Å². The van der Waals surface area contributed by atoms with Gasteiger partial charge in [-0.05, 0) is 58.0 Å². The summed E-state index contributed by atoms with van der Waals surface area (Å²) in [5.74, 6) is 0.946. The fraction of sp³-hybridized carbons (Fsp3) is 0.750. The molecule has 0 saturated carbocycles. The van der Waals surface area contributed by atoms with Gasteiger partial charge >= 0.3 is 0 Å². The van der Waals surface area contributed by atoms with Gasteiger partial charge in [0.2, 0.25) is 11.7 Å². The Kier molecular flexibility index (Phi) is 6.88. The quantitative estimate of drug-likeness (QED) is 0.789. The van der Waals surface area contributed by atoms with Crippen LogP contribution in [-0.4, -0.2) is 65.4 Å². The second-order valence-corrected chi connectivity index (χ2v) is 7.77. The zero-order valence-electron chi connectivity index (χ0n) is 16.6. The average molecular weight is 377 g/mol. The van der Waals surface area contributed by atoms with Crippen molar-refractivity contribution in [3.05, 3.63) is 17.8 Å². The van der Waals surface area contributed by atoms with Gasteiger partial charge in [0, 0.05) is 32.1 Å². The Morgan fingerprint density at radius 3 is 2.70 bits per heavy atom. The third kappa shape index (κ3) is 5.09. The number of hydrogen-bond donors (Lipinski definition) is 1. The molecule has 150 valence electrons. The Labute approximate surface area is 161 Å². The molecule has 2 saturated heterocycles. The first-order valence-corrected chi connectivity index (χ1v) is 10.3. The van der Waals surface area contributed by atoms with Crippen molar-refractivity contribution in [3.8, 4) is 0 Å². The lowest BCUT2D eigenvalue weighted by Crippen LogP contribution is -2.40. The highest BCUT2D eigenvalue weighted by molar-refractivity contribution is 5.92. The molecular formula is C20H32N4O3. The highest BCUT2D eigenvalue weighted by Crippen LogP contribution is 2.23. The molecular weight excluding hydrogens is 344 g/mol. The van der Waals surface area contributed by atoms with E-state index in [9.17, 15) is 9.59 Å². The zero-order valence-corrected chi connectivity index (χ0v) is 16.6. The maximum atomic E-state index is 12.4. The molecule has 0 bridgehead atoms. The van der Waals surface area contributed by atoms with Crippen LogP contribution in [0.2, 0.25) is 0 Å². The first-order valence-electron chi connectivity index (χ1n) is 10.3. The predicted molar refractivity (Wildman–Crippen MR) is 102 cm³/mol. The first kappa shape index (κ1) is 19.9. The number of aromatic nitrogens is 1. The maximum absolute atomic E-state index is 12.4. The number of carbonyl (C=O) groups is 2. The van der Waals surface area contributed by atoms with E-state index >= 15 is 0 Å². The number of amides is 2. The van der Waals surface area contributed by atoms with Crippen LogP contribution < -0.4 is 5.32 Å². The fourth-order valence-electron chi connectivity index (χ4n) is 4.27. The summed E-state index contributed by atoms with van der Waals surface area (Å²) in [6.07, 6.45) is 7.11. The molecule has 2 aliphatic heterocycles. The number of nitrogens with zero attached hydrogens (tertiary/aromatic N) is 3. The molecule has 1 aromatic heterocycles. The number of piperidine rings is 1. The third-order valence-electron chi connectivity index (χ3n) is 6.06. The number of aryl methyl sites for hydroxylation is 1. The topological polar surface area (TPSA) is 78.7 Å². The summed E-state index contributed by atoms with van der Waals surface area (Å²) in [5.41, 5.74) is 0.641. The summed E-state index contributed by atoms with van der Waals surface area (Å²) in [6.45, 7) is 8.40. The lowest BCUT2D eigenvalue weighted by atomic mass is 9.92. The SMILES string of the molecule is CCN1CCCC1CNC(=O)CCC1CCN(C(=O)c2ocnc2C)CC1. The smallest absolute Gasteiger partial charge is 0.291 e. The lowest BCUT2D eigenvalue weighted by Gasteiger charge is -2.31. The number of nitrogens with one attached hydrogen (secondary N) is 1. The second-order valence-electron chi connectivity index (χ2n) is 7.77. The summed E-state index contributed by atoms with van der Waals surface area (Å²) in [4.78, 5) is 32.9. The summed E-state index contributed by atoms with van der Waals surface area (Å²) in [5, 5.41) is 3.12. The minimum atomic E-state index is -0.0711. The molecule has 27 heavy (non-hydrogen) atoms. The molecule has 2 fully saturated rings. The van der Waals surface area contributed by atoms with Crippen LogP contribution in [0.15, 0.2) is 10.8 Å². The highest BCUT2D eigenvalue weighted by Gasteiger charge is 2.27. The zero-order chi connectivity index (χ0) is 19.2. The van der Waals surface area contributed by atoms with E-state index in [1.807, 2.05) is 4.90 Å². The molecule has 2 amide bonds. The van der Waals surface area contributed by atoms with Crippen molar-refractivity contribution in [3.63, 3.8) is 0 Å². The van der Waals surface area contributed by atoms with Gasteiger partial charge in [-0.3, -0.25) is 14.5 Å². The Morgan fingerprint density at radius 2 is 2.04 bits per heavy atom. The third-order valence-corrected chi connectivity index (χ3v) is 6.06. The average Bonchev–Trinajstić information content (AvgIpc) is 3.32. The van der Waals surface area contributed by atoms with Crippen molar-refractivity contribution >= 4 is 11.8 Å². The molecule has 1 aromatic rings. The Morgan fingerprint density at radius 1 is 1.26 bits per heavy atom. The predicted octanol–water partition coefficient (Wildman–Crippen LogP) is 2.22. The fourth-order valence-corrected chi connectivity index (χ4v) is 4.27. The van der Waals surface area contributed by atoms with Gasteiger partial charge in [-0.1, -0.05) is 6.92 Å². The van der Waals surface area contributed by atoms with Gasteiger partial charge in [-0.2, -0.15) is 0 Å². The molecule has 3 rings (SSSR count). The van der Waals surface area contributed by atoms with Gasteiger partial charge in [-0.25, -0.2) is 4.98 Å². The van der Waals surface area contributed by atoms with Gasteiger partial charge in [-0.15, -0.1) is 0 Å². The standard InChI is InChI=1S/C20H32N4O3/c1-3-23-10-4-5-17(23)13-21-18(25)7-6-16-8-11-24(12-9-16)20(26)19-15(2)22-14-27-19/h14,16-17H,3-13H2,1-2H3,(H,21,25). The Balaban J connectivity index is 1.34. The van der Waals surface area contributed by atoms with E-state index in [0.717, 1.165) is 52.0 Å². The van der Waals surface area contributed by atoms with E-state index in [0.29, 0.717) is 29.8 Å². The summed E-state index contributed by atoms with van der Waals surface area (Å²) in [6, 6.07) is 0.507. The lowest BCUT2D eigenvalue weighted by molar-refractivity contribution is -0.121. The van der Waals surface area contributed by atoms with Crippen LogP contribution in [0, 0.1) is 12.8 Å². The summed E-state index contributed by atoms with van der Waals surface area (Å²) >= 11 is 0. The van der Waals surface area contributed by atoms with E-state index < -0.39 is 0 Å². The number of hydrogen-bond acceptors (Lipinski definition) is 5.